The first-order valence-corrected chi connectivity index (χ1v) is 6.15. The minimum absolute atomic E-state index is 0.372. The first-order chi connectivity index (χ1) is 8.08. The summed E-state index contributed by atoms with van der Waals surface area (Å²) in [6.07, 6.45) is 3.67. The van der Waals surface area contributed by atoms with E-state index in [0.717, 1.165) is 24.2 Å². The van der Waals surface area contributed by atoms with Crippen molar-refractivity contribution in [3.8, 4) is 0 Å². The Kier molecular flexibility index (Phi) is 3.09. The molecule has 2 N–H and O–H groups in total. The van der Waals surface area contributed by atoms with Gasteiger partial charge >= 0.3 is 5.97 Å². The van der Waals surface area contributed by atoms with Crippen LogP contribution in [0.15, 0.2) is 18.2 Å². The molecule has 0 bridgehead atoms. The van der Waals surface area contributed by atoms with E-state index in [1.807, 2.05) is 13.0 Å². The fraction of sp³-hybridized carbons (Fsp3) is 0.500. The molecule has 0 unspecified atom stereocenters. The van der Waals surface area contributed by atoms with Crippen LogP contribution in [0.5, 0.6) is 0 Å². The lowest BCUT2D eigenvalue weighted by Crippen LogP contribution is -2.17. The van der Waals surface area contributed by atoms with Gasteiger partial charge in [-0.3, -0.25) is 0 Å². The average molecular weight is 233 g/mol. The van der Waals surface area contributed by atoms with E-state index in [0.29, 0.717) is 11.0 Å². The maximum absolute atomic E-state index is 11.1. The van der Waals surface area contributed by atoms with Crippen LogP contribution < -0.4 is 5.32 Å². The second-order valence-electron chi connectivity index (χ2n) is 5.01. The number of para-hydroxylation sites is 1. The van der Waals surface area contributed by atoms with E-state index >= 15 is 0 Å². The van der Waals surface area contributed by atoms with Gasteiger partial charge in [-0.15, -0.1) is 0 Å². The number of carboxylic acids is 1. The van der Waals surface area contributed by atoms with Crippen LogP contribution in [0.1, 0.15) is 42.1 Å². The molecule has 0 aromatic heterocycles. The van der Waals surface area contributed by atoms with Crippen molar-refractivity contribution < 1.29 is 9.90 Å². The first kappa shape index (κ1) is 12.0. The number of rotatable bonds is 5. The van der Waals surface area contributed by atoms with Crippen LogP contribution in [0.2, 0.25) is 0 Å². The van der Waals surface area contributed by atoms with E-state index < -0.39 is 5.97 Å². The van der Waals surface area contributed by atoms with Crippen LogP contribution in [0, 0.1) is 12.3 Å². The Labute approximate surface area is 102 Å². The summed E-state index contributed by atoms with van der Waals surface area (Å²) in [4.78, 5) is 11.1. The minimum Gasteiger partial charge on any atom is -0.478 e. The zero-order valence-electron chi connectivity index (χ0n) is 10.4. The number of hydrogen-bond acceptors (Lipinski definition) is 2. The highest BCUT2D eigenvalue weighted by Crippen LogP contribution is 2.48. The smallest absolute Gasteiger partial charge is 0.337 e. The van der Waals surface area contributed by atoms with E-state index in [-0.39, 0.29) is 0 Å². The quantitative estimate of drug-likeness (QED) is 0.820. The Balaban J connectivity index is 2.17. The van der Waals surface area contributed by atoms with Crippen LogP contribution in [-0.4, -0.2) is 17.6 Å². The molecule has 1 aromatic rings. The molecule has 1 aliphatic rings. The van der Waals surface area contributed by atoms with Crippen molar-refractivity contribution in [2.24, 2.45) is 5.41 Å². The highest BCUT2D eigenvalue weighted by molar-refractivity contribution is 5.95. The van der Waals surface area contributed by atoms with Gasteiger partial charge in [-0.05, 0) is 43.2 Å². The van der Waals surface area contributed by atoms with Crippen molar-refractivity contribution in [2.75, 3.05) is 11.9 Å². The lowest BCUT2D eigenvalue weighted by Gasteiger charge is -2.17. The Morgan fingerprint density at radius 3 is 2.71 bits per heavy atom. The second-order valence-corrected chi connectivity index (χ2v) is 5.01. The van der Waals surface area contributed by atoms with Crippen LogP contribution >= 0.6 is 0 Å². The number of anilines is 1. The molecule has 3 nitrogen and oxygen atoms in total. The second kappa shape index (κ2) is 4.40. The minimum atomic E-state index is -0.863. The van der Waals surface area contributed by atoms with Gasteiger partial charge in [0.25, 0.3) is 0 Å². The van der Waals surface area contributed by atoms with Gasteiger partial charge in [-0.2, -0.15) is 0 Å². The fourth-order valence-electron chi connectivity index (χ4n) is 2.19. The lowest BCUT2D eigenvalue weighted by molar-refractivity contribution is 0.0698. The molecule has 0 saturated heterocycles. The van der Waals surface area contributed by atoms with Crippen molar-refractivity contribution in [1.29, 1.82) is 0 Å². The first-order valence-electron chi connectivity index (χ1n) is 6.15. The van der Waals surface area contributed by atoms with Crippen molar-refractivity contribution in [3.05, 3.63) is 29.3 Å². The van der Waals surface area contributed by atoms with Gasteiger partial charge in [-0.25, -0.2) is 4.79 Å². The summed E-state index contributed by atoms with van der Waals surface area (Å²) >= 11 is 0. The molecule has 92 valence electrons. The summed E-state index contributed by atoms with van der Waals surface area (Å²) in [5.41, 5.74) is 2.56. The van der Waals surface area contributed by atoms with Crippen LogP contribution in [0.25, 0.3) is 0 Å². The van der Waals surface area contributed by atoms with E-state index in [2.05, 4.69) is 12.2 Å². The van der Waals surface area contributed by atoms with E-state index in [1.165, 1.54) is 12.8 Å². The Bertz CT molecular complexity index is 436. The summed E-state index contributed by atoms with van der Waals surface area (Å²) in [5.74, 6) is -0.863. The number of hydrogen-bond donors (Lipinski definition) is 2. The number of aromatic carboxylic acids is 1. The zero-order valence-corrected chi connectivity index (χ0v) is 10.4. The van der Waals surface area contributed by atoms with Crippen molar-refractivity contribution in [1.82, 2.24) is 0 Å². The molecule has 1 fully saturated rings. The lowest BCUT2D eigenvalue weighted by atomic mass is 10.0. The maximum atomic E-state index is 11.1. The normalized spacial score (nSPS) is 16.6. The van der Waals surface area contributed by atoms with Crippen molar-refractivity contribution >= 4 is 11.7 Å². The van der Waals surface area contributed by atoms with Gasteiger partial charge in [0.1, 0.15) is 0 Å². The highest BCUT2D eigenvalue weighted by Gasteiger charge is 2.40. The number of benzene rings is 1. The molecule has 0 spiro atoms. The summed E-state index contributed by atoms with van der Waals surface area (Å²) in [7, 11) is 0. The largest absolute Gasteiger partial charge is 0.478 e. The topological polar surface area (TPSA) is 49.3 Å². The molecule has 0 atom stereocenters. The molecule has 3 heteroatoms. The zero-order chi connectivity index (χ0) is 12.5. The monoisotopic (exact) mass is 233 g/mol. The van der Waals surface area contributed by atoms with Gasteiger partial charge in [-0.1, -0.05) is 19.1 Å². The highest BCUT2D eigenvalue weighted by atomic mass is 16.4. The van der Waals surface area contributed by atoms with Gasteiger partial charge in [0.05, 0.1) is 11.3 Å². The van der Waals surface area contributed by atoms with Gasteiger partial charge in [0.15, 0.2) is 0 Å². The third-order valence-electron chi connectivity index (χ3n) is 3.85. The molecule has 17 heavy (non-hydrogen) atoms. The number of aryl methyl sites for hydroxylation is 1. The predicted octanol–water partition coefficient (Wildman–Crippen LogP) is 3.30. The molecular weight excluding hydrogens is 214 g/mol. The Morgan fingerprint density at radius 1 is 1.47 bits per heavy atom. The summed E-state index contributed by atoms with van der Waals surface area (Å²) in [5, 5.41) is 12.5. The molecular formula is C14H19NO2. The number of carboxylic acid groups (broad SMARTS) is 1. The molecule has 1 aliphatic carbocycles. The van der Waals surface area contributed by atoms with Crippen LogP contribution in [-0.2, 0) is 0 Å². The molecule has 0 aliphatic heterocycles. The SMILES string of the molecule is CCC1(CNc2c(C)cccc2C(=O)O)CC1. The Hall–Kier alpha value is -1.51. The van der Waals surface area contributed by atoms with Gasteiger partial charge in [0.2, 0.25) is 0 Å². The number of nitrogens with one attached hydrogen (secondary N) is 1. The number of carbonyl (C=O) groups is 1. The molecule has 1 aromatic carbocycles. The third-order valence-corrected chi connectivity index (χ3v) is 3.85. The third kappa shape index (κ3) is 2.43. The molecule has 0 radical (unpaired) electrons. The predicted molar refractivity (Wildman–Crippen MR) is 68.6 cm³/mol. The van der Waals surface area contributed by atoms with Gasteiger partial charge < -0.3 is 10.4 Å². The maximum Gasteiger partial charge on any atom is 0.337 e. The van der Waals surface area contributed by atoms with E-state index in [4.69, 9.17) is 5.11 Å². The Morgan fingerprint density at radius 2 is 2.18 bits per heavy atom. The van der Waals surface area contributed by atoms with Crippen molar-refractivity contribution in [2.45, 2.75) is 33.1 Å². The summed E-state index contributed by atoms with van der Waals surface area (Å²) in [6.45, 7) is 5.03. The molecule has 0 heterocycles. The summed E-state index contributed by atoms with van der Waals surface area (Å²) < 4.78 is 0. The standard InChI is InChI=1S/C14H19NO2/c1-3-14(7-8-14)9-15-12-10(2)5-4-6-11(12)13(16)17/h4-6,15H,3,7-9H2,1-2H3,(H,16,17). The van der Waals surface area contributed by atoms with E-state index in [9.17, 15) is 4.79 Å². The van der Waals surface area contributed by atoms with E-state index in [1.54, 1.807) is 12.1 Å². The summed E-state index contributed by atoms with van der Waals surface area (Å²) in [6, 6.07) is 5.39. The van der Waals surface area contributed by atoms with Crippen LogP contribution in [0.4, 0.5) is 5.69 Å². The molecule has 1 saturated carbocycles. The molecule has 0 amide bonds. The average Bonchev–Trinajstić information content (AvgIpc) is 3.08. The van der Waals surface area contributed by atoms with Gasteiger partial charge in [0, 0.05) is 6.54 Å². The molecule has 2 rings (SSSR count). The fourth-order valence-corrected chi connectivity index (χ4v) is 2.19. The van der Waals surface area contributed by atoms with Crippen LogP contribution in [0.3, 0.4) is 0 Å². The van der Waals surface area contributed by atoms with Crippen molar-refractivity contribution in [3.63, 3.8) is 0 Å².